The van der Waals surface area contributed by atoms with E-state index in [-0.39, 0.29) is 12.0 Å². The fourth-order valence-corrected chi connectivity index (χ4v) is 2.45. The van der Waals surface area contributed by atoms with Crippen molar-refractivity contribution in [2.75, 3.05) is 18.1 Å². The molecule has 0 aliphatic carbocycles. The Morgan fingerprint density at radius 2 is 1.84 bits per heavy atom. The second kappa shape index (κ2) is 5.11. The van der Waals surface area contributed by atoms with E-state index in [2.05, 4.69) is 4.90 Å². The standard InChI is InChI=1S/C15H14ClNO2/c16-11-5-7-12(8-6-11)17-9-10-19-15(17)13-3-1-2-4-14(13)18/h1-8,15,18H,9-10H2. The normalized spacial score (nSPS) is 18.8. The number of para-hydroxylation sites is 1. The van der Waals surface area contributed by atoms with Crippen LogP contribution in [0.2, 0.25) is 5.02 Å². The van der Waals surface area contributed by atoms with Crippen LogP contribution in [0.4, 0.5) is 5.69 Å². The van der Waals surface area contributed by atoms with Gasteiger partial charge in [0.2, 0.25) is 0 Å². The number of phenolic OH excluding ortho intramolecular Hbond substituents is 1. The summed E-state index contributed by atoms with van der Waals surface area (Å²) in [7, 11) is 0. The Morgan fingerprint density at radius 1 is 1.11 bits per heavy atom. The quantitative estimate of drug-likeness (QED) is 0.909. The summed E-state index contributed by atoms with van der Waals surface area (Å²) >= 11 is 5.91. The lowest BCUT2D eigenvalue weighted by molar-refractivity contribution is 0.111. The van der Waals surface area contributed by atoms with Gasteiger partial charge in [-0.1, -0.05) is 29.8 Å². The number of aromatic hydroxyl groups is 1. The van der Waals surface area contributed by atoms with E-state index in [1.54, 1.807) is 12.1 Å². The van der Waals surface area contributed by atoms with Crippen molar-refractivity contribution >= 4 is 17.3 Å². The van der Waals surface area contributed by atoms with Crippen molar-refractivity contribution in [1.29, 1.82) is 0 Å². The van der Waals surface area contributed by atoms with Gasteiger partial charge in [-0.3, -0.25) is 0 Å². The highest BCUT2D eigenvalue weighted by Crippen LogP contribution is 2.36. The number of hydrogen-bond acceptors (Lipinski definition) is 3. The lowest BCUT2D eigenvalue weighted by Gasteiger charge is -2.25. The van der Waals surface area contributed by atoms with E-state index in [9.17, 15) is 5.11 Å². The zero-order valence-electron chi connectivity index (χ0n) is 10.3. The van der Waals surface area contributed by atoms with E-state index < -0.39 is 0 Å². The Balaban J connectivity index is 1.94. The summed E-state index contributed by atoms with van der Waals surface area (Å²) in [6.45, 7) is 1.43. The molecule has 3 rings (SSSR count). The Bertz CT molecular complexity index is 571. The van der Waals surface area contributed by atoms with Gasteiger partial charge in [-0.15, -0.1) is 0 Å². The molecule has 19 heavy (non-hydrogen) atoms. The number of halogens is 1. The van der Waals surface area contributed by atoms with Gasteiger partial charge in [-0.25, -0.2) is 0 Å². The number of phenols is 1. The van der Waals surface area contributed by atoms with Crippen LogP contribution < -0.4 is 4.90 Å². The van der Waals surface area contributed by atoms with Crippen molar-refractivity contribution in [3.63, 3.8) is 0 Å². The predicted octanol–water partition coefficient (Wildman–Crippen LogP) is 3.58. The topological polar surface area (TPSA) is 32.7 Å². The number of rotatable bonds is 2. The van der Waals surface area contributed by atoms with Gasteiger partial charge in [0.15, 0.2) is 6.23 Å². The second-order valence-corrected chi connectivity index (χ2v) is 4.89. The summed E-state index contributed by atoms with van der Waals surface area (Å²) in [5.41, 5.74) is 1.82. The summed E-state index contributed by atoms with van der Waals surface area (Å²) in [5, 5.41) is 10.7. The fraction of sp³-hybridized carbons (Fsp3) is 0.200. The largest absolute Gasteiger partial charge is 0.507 e. The highest BCUT2D eigenvalue weighted by Gasteiger charge is 2.28. The van der Waals surface area contributed by atoms with Crippen LogP contribution in [-0.4, -0.2) is 18.3 Å². The Labute approximate surface area is 117 Å². The molecule has 1 fully saturated rings. The van der Waals surface area contributed by atoms with Crippen molar-refractivity contribution in [2.24, 2.45) is 0 Å². The summed E-state index contributed by atoms with van der Waals surface area (Å²) in [6, 6.07) is 14.9. The maximum Gasteiger partial charge on any atom is 0.160 e. The molecule has 2 aromatic rings. The van der Waals surface area contributed by atoms with Crippen LogP contribution in [0.1, 0.15) is 11.8 Å². The SMILES string of the molecule is Oc1ccccc1C1OCCN1c1ccc(Cl)cc1. The minimum atomic E-state index is -0.248. The monoisotopic (exact) mass is 275 g/mol. The molecule has 0 amide bonds. The molecule has 1 unspecified atom stereocenters. The first-order valence-electron chi connectivity index (χ1n) is 6.17. The average molecular weight is 276 g/mol. The van der Waals surface area contributed by atoms with E-state index in [0.29, 0.717) is 11.6 Å². The van der Waals surface area contributed by atoms with Crippen molar-refractivity contribution < 1.29 is 9.84 Å². The third kappa shape index (κ3) is 2.39. The van der Waals surface area contributed by atoms with Crippen molar-refractivity contribution in [3.8, 4) is 5.75 Å². The highest BCUT2D eigenvalue weighted by molar-refractivity contribution is 6.30. The van der Waals surface area contributed by atoms with Gasteiger partial charge in [0.1, 0.15) is 5.75 Å². The van der Waals surface area contributed by atoms with Gasteiger partial charge in [-0.05, 0) is 30.3 Å². The Kier molecular flexibility index (Phi) is 3.32. The van der Waals surface area contributed by atoms with Gasteiger partial charge < -0.3 is 14.7 Å². The molecule has 0 saturated carbocycles. The Morgan fingerprint density at radius 3 is 2.58 bits per heavy atom. The fourth-order valence-electron chi connectivity index (χ4n) is 2.32. The summed E-state index contributed by atoms with van der Waals surface area (Å²) in [4.78, 5) is 2.12. The van der Waals surface area contributed by atoms with Gasteiger partial charge in [0.25, 0.3) is 0 Å². The minimum absolute atomic E-state index is 0.248. The molecule has 1 N–H and O–H groups in total. The first kappa shape index (κ1) is 12.3. The van der Waals surface area contributed by atoms with Crippen molar-refractivity contribution in [1.82, 2.24) is 0 Å². The number of ether oxygens (including phenoxy) is 1. The molecule has 2 aromatic carbocycles. The maximum absolute atomic E-state index is 9.95. The molecule has 1 heterocycles. The molecular weight excluding hydrogens is 262 g/mol. The number of hydrogen-bond donors (Lipinski definition) is 1. The molecule has 98 valence electrons. The van der Waals surface area contributed by atoms with Crippen molar-refractivity contribution in [3.05, 3.63) is 59.1 Å². The molecule has 1 aliphatic heterocycles. The number of benzene rings is 2. The number of anilines is 1. The molecule has 3 nitrogen and oxygen atoms in total. The van der Waals surface area contributed by atoms with E-state index >= 15 is 0 Å². The Hall–Kier alpha value is -1.71. The lowest BCUT2D eigenvalue weighted by Crippen LogP contribution is -2.23. The van der Waals surface area contributed by atoms with E-state index in [1.165, 1.54) is 0 Å². The second-order valence-electron chi connectivity index (χ2n) is 4.45. The summed E-state index contributed by atoms with van der Waals surface area (Å²) < 4.78 is 5.75. The molecular formula is C15H14ClNO2. The number of nitrogens with zero attached hydrogens (tertiary/aromatic N) is 1. The average Bonchev–Trinajstić information content (AvgIpc) is 2.89. The maximum atomic E-state index is 9.95. The van der Waals surface area contributed by atoms with Crippen LogP contribution in [0.15, 0.2) is 48.5 Å². The van der Waals surface area contributed by atoms with Crippen LogP contribution in [0, 0.1) is 0 Å². The summed E-state index contributed by atoms with van der Waals surface area (Å²) in [5.74, 6) is 0.258. The molecule has 4 heteroatoms. The van der Waals surface area contributed by atoms with Crippen molar-refractivity contribution in [2.45, 2.75) is 6.23 Å². The third-order valence-electron chi connectivity index (χ3n) is 3.25. The molecule has 0 bridgehead atoms. The molecule has 1 aliphatic rings. The van der Waals surface area contributed by atoms with Gasteiger partial charge in [0.05, 0.1) is 6.61 Å². The zero-order chi connectivity index (χ0) is 13.2. The van der Waals surface area contributed by atoms with Gasteiger partial charge in [0, 0.05) is 22.8 Å². The van der Waals surface area contributed by atoms with Crippen LogP contribution >= 0.6 is 11.6 Å². The third-order valence-corrected chi connectivity index (χ3v) is 3.50. The molecule has 0 spiro atoms. The first-order valence-corrected chi connectivity index (χ1v) is 6.55. The minimum Gasteiger partial charge on any atom is -0.507 e. The first-order chi connectivity index (χ1) is 9.25. The van der Waals surface area contributed by atoms with E-state index in [1.807, 2.05) is 36.4 Å². The van der Waals surface area contributed by atoms with Crippen LogP contribution in [0.3, 0.4) is 0 Å². The summed E-state index contributed by atoms with van der Waals surface area (Å²) in [6.07, 6.45) is -0.248. The molecule has 0 radical (unpaired) electrons. The predicted molar refractivity (Wildman–Crippen MR) is 75.6 cm³/mol. The molecule has 1 atom stereocenters. The van der Waals surface area contributed by atoms with E-state index in [4.69, 9.17) is 16.3 Å². The molecule has 0 aromatic heterocycles. The molecule has 1 saturated heterocycles. The zero-order valence-corrected chi connectivity index (χ0v) is 11.0. The lowest BCUT2D eigenvalue weighted by atomic mass is 10.1. The van der Waals surface area contributed by atoms with Gasteiger partial charge in [-0.2, -0.15) is 0 Å². The van der Waals surface area contributed by atoms with E-state index in [0.717, 1.165) is 17.8 Å². The van der Waals surface area contributed by atoms with Crippen LogP contribution in [0.5, 0.6) is 5.75 Å². The van der Waals surface area contributed by atoms with Crippen LogP contribution in [0.25, 0.3) is 0 Å². The smallest absolute Gasteiger partial charge is 0.160 e. The highest BCUT2D eigenvalue weighted by atomic mass is 35.5. The van der Waals surface area contributed by atoms with Crippen LogP contribution in [-0.2, 0) is 4.74 Å². The van der Waals surface area contributed by atoms with Gasteiger partial charge >= 0.3 is 0 Å².